The minimum Gasteiger partial charge on any atom is -0.493 e. The Kier molecular flexibility index (Phi) is 3.55. The fourth-order valence-corrected chi connectivity index (χ4v) is 3.37. The Morgan fingerprint density at radius 3 is 3.11 bits per heavy atom. The molecule has 98 valence electrons. The molecule has 2 atom stereocenters. The van der Waals surface area contributed by atoms with Crippen LogP contribution in [-0.2, 0) is 12.8 Å². The van der Waals surface area contributed by atoms with E-state index in [0.717, 1.165) is 30.7 Å². The van der Waals surface area contributed by atoms with E-state index in [0.29, 0.717) is 0 Å². The molecule has 3 rings (SSSR count). The summed E-state index contributed by atoms with van der Waals surface area (Å²) in [4.78, 5) is 0. The second-order valence-electron chi connectivity index (χ2n) is 5.74. The number of aryl methyl sites for hydroxylation is 1. The molecule has 18 heavy (non-hydrogen) atoms. The Hall–Kier alpha value is -1.02. The summed E-state index contributed by atoms with van der Waals surface area (Å²) >= 11 is 0. The van der Waals surface area contributed by atoms with Crippen molar-refractivity contribution in [3.05, 3.63) is 29.3 Å². The number of ether oxygens (including phenoxy) is 1. The first-order valence-electron chi connectivity index (χ1n) is 7.27. The quantitative estimate of drug-likeness (QED) is 0.880. The van der Waals surface area contributed by atoms with Crippen LogP contribution in [0.5, 0.6) is 5.75 Å². The molecule has 1 N–H and O–H groups in total. The van der Waals surface area contributed by atoms with Crippen molar-refractivity contribution in [1.29, 1.82) is 0 Å². The van der Waals surface area contributed by atoms with Crippen LogP contribution in [0.15, 0.2) is 18.2 Å². The highest BCUT2D eigenvalue weighted by Gasteiger charge is 2.23. The van der Waals surface area contributed by atoms with Crippen molar-refractivity contribution in [1.82, 2.24) is 5.32 Å². The highest BCUT2D eigenvalue weighted by atomic mass is 16.5. The molecule has 1 fully saturated rings. The molecule has 0 bridgehead atoms. The fraction of sp³-hybridized carbons (Fsp3) is 0.625. The predicted molar refractivity (Wildman–Crippen MR) is 74.2 cm³/mol. The molecule has 2 unspecified atom stereocenters. The highest BCUT2D eigenvalue weighted by Crippen LogP contribution is 2.31. The summed E-state index contributed by atoms with van der Waals surface area (Å²) in [6, 6.07) is 7.52. The van der Waals surface area contributed by atoms with Crippen molar-refractivity contribution in [2.45, 2.75) is 44.6 Å². The fourth-order valence-electron chi connectivity index (χ4n) is 3.37. The average molecular weight is 245 g/mol. The third-order valence-electron chi connectivity index (χ3n) is 4.54. The average Bonchev–Trinajstić information content (AvgIpc) is 3.04. The molecular weight excluding hydrogens is 222 g/mol. The van der Waals surface area contributed by atoms with Crippen LogP contribution in [0.25, 0.3) is 0 Å². The first-order chi connectivity index (χ1) is 8.85. The summed E-state index contributed by atoms with van der Waals surface area (Å²) in [5.41, 5.74) is 2.90. The third-order valence-corrected chi connectivity index (χ3v) is 4.54. The lowest BCUT2D eigenvalue weighted by Gasteiger charge is -2.11. The van der Waals surface area contributed by atoms with Gasteiger partial charge in [-0.2, -0.15) is 0 Å². The number of fused-ring (bicyclic) bond motifs is 1. The molecule has 1 aromatic rings. The van der Waals surface area contributed by atoms with Gasteiger partial charge in [-0.15, -0.1) is 0 Å². The molecule has 0 aromatic heterocycles. The van der Waals surface area contributed by atoms with Crippen molar-refractivity contribution in [2.75, 3.05) is 13.7 Å². The van der Waals surface area contributed by atoms with Crippen molar-refractivity contribution in [2.24, 2.45) is 5.92 Å². The summed E-state index contributed by atoms with van der Waals surface area (Å²) in [6.45, 7) is 0.866. The van der Waals surface area contributed by atoms with E-state index in [-0.39, 0.29) is 0 Å². The highest BCUT2D eigenvalue weighted by molar-refractivity contribution is 5.39. The Bertz CT molecular complexity index is 416. The maximum atomic E-state index is 5.55. The minimum atomic E-state index is 0.767. The van der Waals surface area contributed by atoms with Crippen molar-refractivity contribution >= 4 is 0 Å². The number of rotatable bonds is 4. The van der Waals surface area contributed by atoms with Gasteiger partial charge in [0, 0.05) is 12.5 Å². The molecule has 0 radical (unpaired) electrons. The molecule has 2 aliphatic rings. The topological polar surface area (TPSA) is 21.3 Å². The van der Waals surface area contributed by atoms with E-state index in [2.05, 4.69) is 30.6 Å². The van der Waals surface area contributed by atoms with Gasteiger partial charge < -0.3 is 10.1 Å². The van der Waals surface area contributed by atoms with Crippen LogP contribution < -0.4 is 10.1 Å². The van der Waals surface area contributed by atoms with E-state index in [1.807, 2.05) is 0 Å². The molecule has 1 aromatic carbocycles. The summed E-state index contributed by atoms with van der Waals surface area (Å²) < 4.78 is 5.55. The largest absolute Gasteiger partial charge is 0.493 e. The molecule has 0 saturated heterocycles. The van der Waals surface area contributed by atoms with Crippen LogP contribution >= 0.6 is 0 Å². The normalized spacial score (nSPS) is 26.1. The van der Waals surface area contributed by atoms with Crippen LogP contribution in [0.2, 0.25) is 0 Å². The van der Waals surface area contributed by atoms with E-state index < -0.39 is 0 Å². The van der Waals surface area contributed by atoms with E-state index in [1.165, 1.54) is 43.2 Å². The van der Waals surface area contributed by atoms with Gasteiger partial charge in [-0.05, 0) is 62.3 Å². The van der Waals surface area contributed by atoms with E-state index in [1.54, 1.807) is 0 Å². The first kappa shape index (κ1) is 12.0. The monoisotopic (exact) mass is 245 g/mol. The van der Waals surface area contributed by atoms with Crippen LogP contribution in [0, 0.1) is 5.92 Å². The van der Waals surface area contributed by atoms with Gasteiger partial charge in [-0.1, -0.05) is 12.1 Å². The van der Waals surface area contributed by atoms with Gasteiger partial charge in [-0.25, -0.2) is 0 Å². The third kappa shape index (κ3) is 2.54. The number of hydrogen-bond acceptors (Lipinski definition) is 2. The van der Waals surface area contributed by atoms with E-state index in [4.69, 9.17) is 4.74 Å². The van der Waals surface area contributed by atoms with Gasteiger partial charge >= 0.3 is 0 Å². The molecule has 1 aliphatic carbocycles. The van der Waals surface area contributed by atoms with Crippen LogP contribution in [0.4, 0.5) is 0 Å². The second kappa shape index (κ2) is 5.31. The molecule has 2 heteroatoms. The minimum absolute atomic E-state index is 0.767. The summed E-state index contributed by atoms with van der Waals surface area (Å²) in [7, 11) is 2.09. The number of hydrogen-bond donors (Lipinski definition) is 1. The molecular formula is C16H23NO. The Balaban J connectivity index is 1.54. The lowest BCUT2D eigenvalue weighted by atomic mass is 9.96. The first-order valence-corrected chi connectivity index (χ1v) is 7.27. The Morgan fingerprint density at radius 1 is 1.33 bits per heavy atom. The summed E-state index contributed by atoms with van der Waals surface area (Å²) in [6.07, 6.45) is 7.80. The summed E-state index contributed by atoms with van der Waals surface area (Å²) in [5.74, 6) is 2.03. The van der Waals surface area contributed by atoms with Gasteiger partial charge in [0.1, 0.15) is 5.75 Å². The molecule has 0 amide bonds. The number of benzene rings is 1. The van der Waals surface area contributed by atoms with Crippen LogP contribution in [0.3, 0.4) is 0 Å². The maximum absolute atomic E-state index is 5.55. The van der Waals surface area contributed by atoms with Crippen LogP contribution in [-0.4, -0.2) is 19.7 Å². The van der Waals surface area contributed by atoms with Crippen LogP contribution in [0.1, 0.15) is 36.8 Å². The molecule has 1 saturated carbocycles. The second-order valence-corrected chi connectivity index (χ2v) is 5.74. The zero-order valence-corrected chi connectivity index (χ0v) is 11.2. The summed E-state index contributed by atoms with van der Waals surface area (Å²) in [5, 5.41) is 3.41. The smallest absolute Gasteiger partial charge is 0.122 e. The van der Waals surface area contributed by atoms with E-state index >= 15 is 0 Å². The molecule has 1 aliphatic heterocycles. The molecule has 2 nitrogen and oxygen atoms in total. The standard InChI is InChI=1S/C16H23NO/c1-17-15-6-4-13(11-15)3-2-12-5-7-16-14(10-12)8-9-18-16/h5,7,10,13,15,17H,2-4,6,8-9,11H2,1H3. The predicted octanol–water partition coefficient (Wildman–Crippen LogP) is 2.94. The van der Waals surface area contributed by atoms with Gasteiger partial charge in [0.15, 0.2) is 0 Å². The maximum Gasteiger partial charge on any atom is 0.122 e. The number of nitrogens with one attached hydrogen (secondary N) is 1. The zero-order chi connectivity index (χ0) is 12.4. The van der Waals surface area contributed by atoms with Gasteiger partial charge in [0.2, 0.25) is 0 Å². The SMILES string of the molecule is CNC1CCC(CCc2ccc3c(c2)CCO3)C1. The van der Waals surface area contributed by atoms with E-state index in [9.17, 15) is 0 Å². The zero-order valence-electron chi connectivity index (χ0n) is 11.2. The Labute approximate surface area is 110 Å². The van der Waals surface area contributed by atoms with Gasteiger partial charge in [-0.3, -0.25) is 0 Å². The van der Waals surface area contributed by atoms with Crippen molar-refractivity contribution in [3.63, 3.8) is 0 Å². The molecule has 1 heterocycles. The van der Waals surface area contributed by atoms with Gasteiger partial charge in [0.05, 0.1) is 6.61 Å². The van der Waals surface area contributed by atoms with Crippen molar-refractivity contribution < 1.29 is 4.74 Å². The molecule has 0 spiro atoms. The lowest BCUT2D eigenvalue weighted by molar-refractivity contribution is 0.357. The van der Waals surface area contributed by atoms with Gasteiger partial charge in [0.25, 0.3) is 0 Å². The Morgan fingerprint density at radius 2 is 2.28 bits per heavy atom. The lowest BCUT2D eigenvalue weighted by Crippen LogP contribution is -2.21. The van der Waals surface area contributed by atoms with Crippen molar-refractivity contribution in [3.8, 4) is 5.75 Å².